The highest BCUT2D eigenvalue weighted by Gasteiger charge is 2.14. The highest BCUT2D eigenvalue weighted by atomic mass is 35.5. The van der Waals surface area contributed by atoms with E-state index in [1.165, 1.54) is 11.6 Å². The number of phenols is 1. The summed E-state index contributed by atoms with van der Waals surface area (Å²) in [5.74, 6) is 1.68. The Hall–Kier alpha value is -2.57. The normalized spacial score (nSPS) is 13.5. The van der Waals surface area contributed by atoms with Crippen molar-refractivity contribution in [2.45, 2.75) is 38.6 Å². The highest BCUT2D eigenvalue weighted by molar-refractivity contribution is 6.18. The molecule has 0 saturated heterocycles. The molecule has 0 fully saturated rings. The number of phenolic OH excluding ortho intramolecular Hbond substituents is 1. The van der Waals surface area contributed by atoms with Gasteiger partial charge in [-0.3, -0.25) is 4.90 Å². The van der Waals surface area contributed by atoms with Crippen LogP contribution in [0.4, 0.5) is 0 Å². The van der Waals surface area contributed by atoms with Crippen molar-refractivity contribution in [3.8, 4) is 11.5 Å². The zero-order valence-corrected chi connectivity index (χ0v) is 20.1. The van der Waals surface area contributed by atoms with Gasteiger partial charge in [0.1, 0.15) is 18.1 Å². The minimum Gasteiger partial charge on any atom is -0.508 e. The molecule has 4 N–H and O–H groups in total. The number of halogens is 1. The van der Waals surface area contributed by atoms with Crippen LogP contribution < -0.4 is 10.5 Å². The number of nitrogens with two attached hydrogens (primary N) is 1. The fraction of sp³-hybridized carbons (Fsp3) is 0.333. The molecule has 3 rings (SSSR count). The van der Waals surface area contributed by atoms with Crippen LogP contribution >= 0.6 is 11.6 Å². The zero-order valence-electron chi connectivity index (χ0n) is 19.3. The molecule has 0 amide bonds. The second-order valence-electron chi connectivity index (χ2n) is 8.02. The molecule has 0 bridgehead atoms. The molecule has 0 aliphatic rings. The Bertz CT molecular complexity index is 910. The third-order valence-corrected chi connectivity index (χ3v) is 5.34. The Morgan fingerprint density at radius 2 is 1.58 bits per heavy atom. The smallest absolute Gasteiger partial charge is 0.119 e. The van der Waals surface area contributed by atoms with Gasteiger partial charge >= 0.3 is 0 Å². The van der Waals surface area contributed by atoms with Crippen LogP contribution in [0.3, 0.4) is 0 Å². The van der Waals surface area contributed by atoms with E-state index < -0.39 is 6.10 Å². The molecule has 0 radical (unpaired) electrons. The summed E-state index contributed by atoms with van der Waals surface area (Å²) in [6.07, 6.45) is -0.711. The fourth-order valence-electron chi connectivity index (χ4n) is 3.23. The monoisotopic (exact) mass is 470 g/mol. The summed E-state index contributed by atoms with van der Waals surface area (Å²) in [6.45, 7) is 6.31. The summed E-state index contributed by atoms with van der Waals surface area (Å²) in [6, 6.07) is 26.8. The number of aromatic hydroxyl groups is 1. The number of aliphatic hydroxyl groups excluding tert-OH is 1. The first kappa shape index (κ1) is 26.7. The Balaban J connectivity index is 0.000000273. The van der Waals surface area contributed by atoms with Crippen LogP contribution in [0.1, 0.15) is 31.1 Å². The van der Waals surface area contributed by atoms with Crippen LogP contribution in [0.25, 0.3) is 0 Å². The third kappa shape index (κ3) is 9.84. The summed E-state index contributed by atoms with van der Waals surface area (Å²) in [4.78, 5) is 2.35. The molecule has 178 valence electrons. The number of nitrogens with zero attached hydrogens (tertiary/aromatic N) is 1. The van der Waals surface area contributed by atoms with Crippen LogP contribution in [-0.4, -0.2) is 46.2 Å². The molecule has 5 nitrogen and oxygen atoms in total. The predicted octanol–water partition coefficient (Wildman–Crippen LogP) is 4.97. The molecule has 3 atom stereocenters. The van der Waals surface area contributed by atoms with Crippen molar-refractivity contribution in [2.75, 3.05) is 19.0 Å². The van der Waals surface area contributed by atoms with Gasteiger partial charge in [0, 0.05) is 31.1 Å². The minimum absolute atomic E-state index is 0.146. The topological polar surface area (TPSA) is 79.0 Å². The molecule has 3 aromatic rings. The van der Waals surface area contributed by atoms with E-state index in [9.17, 15) is 5.11 Å². The van der Waals surface area contributed by atoms with E-state index in [2.05, 4.69) is 36.1 Å². The average molecular weight is 471 g/mol. The number of aliphatic hydroxyl groups is 1. The summed E-state index contributed by atoms with van der Waals surface area (Å²) in [7, 11) is 0. The van der Waals surface area contributed by atoms with Gasteiger partial charge in [0.25, 0.3) is 0 Å². The molecule has 0 aliphatic heterocycles. The van der Waals surface area contributed by atoms with Gasteiger partial charge in [-0.1, -0.05) is 60.7 Å². The maximum atomic E-state index is 9.49. The van der Waals surface area contributed by atoms with Crippen LogP contribution in [0, 0.1) is 0 Å². The standard InChI is InChI=1S/C18H22ClNO.C9H13NO2/c1-16(15-21-18-10-6-3-7-11-18)20(13-12-19)14-17-8-4-2-5-9-17;1-6(10)9(12)7-3-2-4-8(11)5-7/h2-11,16H,12-15H2,1H3;2-6,9,11-12H,10H2,1H3/t;6-,9-/m.0/s1. The highest BCUT2D eigenvalue weighted by Crippen LogP contribution is 2.19. The van der Waals surface area contributed by atoms with E-state index in [-0.39, 0.29) is 11.8 Å². The number of para-hydroxylation sites is 1. The Labute approximate surface area is 202 Å². The first-order valence-corrected chi connectivity index (χ1v) is 11.7. The minimum atomic E-state index is -0.711. The van der Waals surface area contributed by atoms with Crippen molar-refractivity contribution in [3.63, 3.8) is 0 Å². The second-order valence-corrected chi connectivity index (χ2v) is 8.40. The zero-order chi connectivity index (χ0) is 24.1. The molecular formula is C27H35ClN2O3. The Kier molecular flexibility index (Phi) is 11.8. The van der Waals surface area contributed by atoms with Crippen molar-refractivity contribution in [2.24, 2.45) is 5.73 Å². The second kappa shape index (κ2) is 14.6. The van der Waals surface area contributed by atoms with E-state index in [1.807, 2.05) is 36.4 Å². The van der Waals surface area contributed by atoms with Crippen molar-refractivity contribution in [3.05, 3.63) is 96.1 Å². The molecule has 33 heavy (non-hydrogen) atoms. The van der Waals surface area contributed by atoms with Crippen molar-refractivity contribution in [1.29, 1.82) is 0 Å². The van der Waals surface area contributed by atoms with Crippen molar-refractivity contribution >= 4 is 11.6 Å². The molecule has 3 aromatic carbocycles. The third-order valence-electron chi connectivity index (χ3n) is 5.17. The average Bonchev–Trinajstić information content (AvgIpc) is 2.83. The molecule has 0 spiro atoms. The number of benzene rings is 3. The van der Waals surface area contributed by atoms with Crippen LogP contribution in [-0.2, 0) is 6.54 Å². The van der Waals surface area contributed by atoms with Crippen LogP contribution in [0.2, 0.25) is 0 Å². The Morgan fingerprint density at radius 1 is 0.939 bits per heavy atom. The summed E-state index contributed by atoms with van der Waals surface area (Å²) >= 11 is 5.94. The van der Waals surface area contributed by atoms with E-state index in [1.54, 1.807) is 25.1 Å². The van der Waals surface area contributed by atoms with E-state index in [0.29, 0.717) is 24.1 Å². The fourth-order valence-corrected chi connectivity index (χ4v) is 3.45. The van der Waals surface area contributed by atoms with Crippen LogP contribution in [0.5, 0.6) is 11.5 Å². The Morgan fingerprint density at radius 3 is 2.15 bits per heavy atom. The molecular weight excluding hydrogens is 436 g/mol. The van der Waals surface area contributed by atoms with Gasteiger partial charge in [0.15, 0.2) is 0 Å². The molecule has 1 unspecified atom stereocenters. The SMILES string of the molecule is CC(COc1ccccc1)N(CCCl)Cc1ccccc1.C[C@H](N)[C@H](O)c1cccc(O)c1. The number of rotatable bonds is 10. The van der Waals surface area contributed by atoms with Gasteiger partial charge in [0.05, 0.1) is 6.10 Å². The van der Waals surface area contributed by atoms with Crippen molar-refractivity contribution in [1.82, 2.24) is 4.90 Å². The van der Waals surface area contributed by atoms with Gasteiger partial charge in [-0.15, -0.1) is 11.6 Å². The lowest BCUT2D eigenvalue weighted by Crippen LogP contribution is -2.38. The number of hydrogen-bond acceptors (Lipinski definition) is 5. The lowest BCUT2D eigenvalue weighted by Gasteiger charge is -2.28. The van der Waals surface area contributed by atoms with Gasteiger partial charge in [-0.05, 0) is 49.2 Å². The van der Waals surface area contributed by atoms with E-state index in [4.69, 9.17) is 27.2 Å². The lowest BCUT2D eigenvalue weighted by molar-refractivity contribution is 0.146. The molecule has 6 heteroatoms. The molecule has 0 heterocycles. The maximum absolute atomic E-state index is 9.49. The summed E-state index contributed by atoms with van der Waals surface area (Å²) in [5, 5.41) is 18.6. The first-order chi connectivity index (χ1) is 15.9. The molecule has 0 aliphatic carbocycles. The number of hydrogen-bond donors (Lipinski definition) is 3. The quantitative estimate of drug-likeness (QED) is 0.365. The predicted molar refractivity (Wildman–Crippen MR) is 136 cm³/mol. The van der Waals surface area contributed by atoms with Crippen molar-refractivity contribution < 1.29 is 14.9 Å². The largest absolute Gasteiger partial charge is 0.508 e. The number of ether oxygens (including phenoxy) is 1. The molecule has 0 aromatic heterocycles. The van der Waals surface area contributed by atoms with E-state index >= 15 is 0 Å². The summed E-state index contributed by atoms with van der Waals surface area (Å²) < 4.78 is 5.85. The van der Waals surface area contributed by atoms with Crippen LogP contribution in [0.15, 0.2) is 84.9 Å². The molecule has 0 saturated carbocycles. The van der Waals surface area contributed by atoms with Gasteiger partial charge in [0.2, 0.25) is 0 Å². The first-order valence-electron chi connectivity index (χ1n) is 11.1. The van der Waals surface area contributed by atoms with Gasteiger partial charge in [-0.2, -0.15) is 0 Å². The lowest BCUT2D eigenvalue weighted by atomic mass is 10.0. The number of alkyl halides is 1. The summed E-state index contributed by atoms with van der Waals surface area (Å²) in [5.41, 5.74) is 7.43. The van der Waals surface area contributed by atoms with E-state index in [0.717, 1.165) is 18.8 Å². The maximum Gasteiger partial charge on any atom is 0.119 e. The van der Waals surface area contributed by atoms with Gasteiger partial charge < -0.3 is 20.7 Å². The van der Waals surface area contributed by atoms with Gasteiger partial charge in [-0.25, -0.2) is 0 Å².